The number of nitrogens with one attached hydrogen (secondary N) is 2. The molecule has 0 spiro atoms. The Labute approximate surface area is 173 Å². The summed E-state index contributed by atoms with van der Waals surface area (Å²) >= 11 is 6.31. The highest BCUT2D eigenvalue weighted by Crippen LogP contribution is 2.25. The van der Waals surface area contributed by atoms with Crippen molar-refractivity contribution in [3.63, 3.8) is 0 Å². The molecule has 0 aliphatic rings. The summed E-state index contributed by atoms with van der Waals surface area (Å²) in [5.74, 6) is -1.60. The quantitative estimate of drug-likeness (QED) is 0.386. The number of aromatic nitrogens is 2. The number of carbonyl (C=O) groups excluding carboxylic acids is 2. The fourth-order valence-corrected chi connectivity index (χ4v) is 3.12. The second kappa shape index (κ2) is 9.16. The molecule has 0 bridgehead atoms. The van der Waals surface area contributed by atoms with Gasteiger partial charge in [-0.05, 0) is 49.7 Å². The van der Waals surface area contributed by atoms with Crippen LogP contribution >= 0.6 is 11.6 Å². The van der Waals surface area contributed by atoms with Crippen LogP contribution in [-0.2, 0) is 16.1 Å². The molecule has 2 aromatic heterocycles. The Morgan fingerprint density at radius 1 is 1.14 bits per heavy atom. The zero-order chi connectivity index (χ0) is 20.8. The first-order valence-electron chi connectivity index (χ1n) is 8.91. The lowest BCUT2D eigenvalue weighted by Gasteiger charge is -2.11. The van der Waals surface area contributed by atoms with Crippen molar-refractivity contribution < 1.29 is 9.59 Å². The van der Waals surface area contributed by atoms with E-state index in [1.54, 1.807) is 24.5 Å². The van der Waals surface area contributed by atoms with Gasteiger partial charge in [0, 0.05) is 35.9 Å². The van der Waals surface area contributed by atoms with Gasteiger partial charge in [-0.2, -0.15) is 5.10 Å². The summed E-state index contributed by atoms with van der Waals surface area (Å²) in [6, 6.07) is 13.0. The Balaban J connectivity index is 1.63. The van der Waals surface area contributed by atoms with Gasteiger partial charge in [-0.3, -0.25) is 14.6 Å². The number of hydrazone groups is 1. The van der Waals surface area contributed by atoms with E-state index in [2.05, 4.69) is 20.8 Å². The molecule has 1 aromatic carbocycles. The number of rotatable bonds is 5. The van der Waals surface area contributed by atoms with Crippen LogP contribution in [0.5, 0.6) is 0 Å². The molecule has 0 saturated carbocycles. The highest BCUT2D eigenvalue weighted by Gasteiger charge is 2.13. The van der Waals surface area contributed by atoms with E-state index >= 15 is 0 Å². The fraction of sp³-hybridized carbons (Fsp3) is 0.143. The minimum atomic E-state index is -0.838. The minimum Gasteiger partial charge on any atom is -0.344 e. The van der Waals surface area contributed by atoms with Crippen molar-refractivity contribution in [2.24, 2.45) is 5.10 Å². The molecule has 2 amide bonds. The Hall–Kier alpha value is -3.45. The summed E-state index contributed by atoms with van der Waals surface area (Å²) in [6.07, 6.45) is 4.74. The maximum Gasteiger partial charge on any atom is 0.329 e. The number of benzene rings is 1. The normalized spacial score (nSPS) is 10.9. The molecule has 2 heterocycles. The van der Waals surface area contributed by atoms with Gasteiger partial charge in [0.2, 0.25) is 0 Å². The number of nitrogens with zero attached hydrogens (tertiary/aromatic N) is 3. The second-order valence-electron chi connectivity index (χ2n) is 6.35. The summed E-state index contributed by atoms with van der Waals surface area (Å²) in [4.78, 5) is 27.7. The summed E-state index contributed by atoms with van der Waals surface area (Å²) in [6.45, 7) is 4.12. The van der Waals surface area contributed by atoms with Crippen LogP contribution < -0.4 is 10.7 Å². The third kappa shape index (κ3) is 4.89. The second-order valence-corrected chi connectivity index (χ2v) is 6.76. The zero-order valence-electron chi connectivity index (χ0n) is 16.0. The Morgan fingerprint density at radius 3 is 2.59 bits per heavy atom. The number of amides is 2. The predicted molar refractivity (Wildman–Crippen MR) is 112 cm³/mol. The first-order valence-corrected chi connectivity index (χ1v) is 9.29. The van der Waals surface area contributed by atoms with Crippen LogP contribution in [0.15, 0.2) is 60.0 Å². The number of halogens is 1. The maximum absolute atomic E-state index is 11.9. The third-order valence-corrected chi connectivity index (χ3v) is 4.66. The van der Waals surface area contributed by atoms with E-state index in [4.69, 9.17) is 11.6 Å². The Kier molecular flexibility index (Phi) is 6.41. The lowest BCUT2D eigenvalue weighted by molar-refractivity contribution is -0.139. The summed E-state index contributed by atoms with van der Waals surface area (Å²) in [5.41, 5.74) is 6.64. The Bertz CT molecular complexity index is 1060. The number of hydrogen-bond donors (Lipinski definition) is 2. The van der Waals surface area contributed by atoms with E-state index in [1.165, 1.54) is 6.21 Å². The maximum atomic E-state index is 11.9. The first-order chi connectivity index (χ1) is 14.0. The molecule has 3 rings (SSSR count). The molecule has 7 nitrogen and oxygen atoms in total. The molecule has 2 N–H and O–H groups in total. The predicted octanol–water partition coefficient (Wildman–Crippen LogP) is 2.91. The van der Waals surface area contributed by atoms with Gasteiger partial charge in [0.15, 0.2) is 0 Å². The van der Waals surface area contributed by atoms with Crippen molar-refractivity contribution in [2.75, 3.05) is 0 Å². The van der Waals surface area contributed by atoms with E-state index in [-0.39, 0.29) is 6.54 Å². The lowest BCUT2D eigenvalue weighted by atomic mass is 10.2. The van der Waals surface area contributed by atoms with Gasteiger partial charge in [-0.25, -0.2) is 5.43 Å². The number of para-hydroxylation sites is 1. The van der Waals surface area contributed by atoms with Gasteiger partial charge in [-0.1, -0.05) is 23.7 Å². The molecular formula is C21H20ClN5O2. The molecule has 0 radical (unpaired) electrons. The van der Waals surface area contributed by atoms with Gasteiger partial charge in [0.25, 0.3) is 0 Å². The molecule has 29 heavy (non-hydrogen) atoms. The standard InChI is InChI=1S/C21H20ClN5O2/c1-14-11-17(15(2)27(14)19-6-4-3-5-18(19)22)13-25-26-21(29)20(28)24-12-16-7-9-23-10-8-16/h3-11,13H,12H2,1-2H3,(H,24,28)(H,26,29). The highest BCUT2D eigenvalue weighted by molar-refractivity contribution is 6.35. The van der Waals surface area contributed by atoms with Crippen LogP contribution in [0.2, 0.25) is 5.02 Å². The molecular weight excluding hydrogens is 390 g/mol. The molecule has 0 saturated heterocycles. The van der Waals surface area contributed by atoms with Gasteiger partial charge in [-0.15, -0.1) is 0 Å². The number of pyridine rings is 1. The van der Waals surface area contributed by atoms with Crippen molar-refractivity contribution in [2.45, 2.75) is 20.4 Å². The molecule has 0 atom stereocenters. The van der Waals surface area contributed by atoms with Crippen LogP contribution in [-0.4, -0.2) is 27.6 Å². The topological polar surface area (TPSA) is 88.4 Å². The summed E-state index contributed by atoms with van der Waals surface area (Å²) < 4.78 is 2.01. The van der Waals surface area contributed by atoms with E-state index in [1.807, 2.05) is 48.7 Å². The van der Waals surface area contributed by atoms with Crippen LogP contribution in [0.3, 0.4) is 0 Å². The van der Waals surface area contributed by atoms with Crippen molar-refractivity contribution in [3.05, 3.63) is 82.4 Å². The largest absolute Gasteiger partial charge is 0.344 e. The van der Waals surface area contributed by atoms with Gasteiger partial charge in [0.05, 0.1) is 16.9 Å². The fourth-order valence-electron chi connectivity index (χ4n) is 2.90. The summed E-state index contributed by atoms with van der Waals surface area (Å²) in [5, 5.41) is 7.07. The molecule has 0 aliphatic carbocycles. The van der Waals surface area contributed by atoms with Crippen molar-refractivity contribution in [1.82, 2.24) is 20.3 Å². The van der Waals surface area contributed by atoms with Crippen molar-refractivity contribution in [1.29, 1.82) is 0 Å². The molecule has 0 fully saturated rings. The monoisotopic (exact) mass is 409 g/mol. The number of aryl methyl sites for hydroxylation is 1. The van der Waals surface area contributed by atoms with E-state index < -0.39 is 11.8 Å². The third-order valence-electron chi connectivity index (χ3n) is 4.34. The Morgan fingerprint density at radius 2 is 1.86 bits per heavy atom. The van der Waals surface area contributed by atoms with Crippen LogP contribution in [0.4, 0.5) is 0 Å². The van der Waals surface area contributed by atoms with Crippen molar-refractivity contribution >= 4 is 29.6 Å². The van der Waals surface area contributed by atoms with Crippen LogP contribution in [0.25, 0.3) is 5.69 Å². The van der Waals surface area contributed by atoms with Gasteiger partial charge < -0.3 is 9.88 Å². The zero-order valence-corrected chi connectivity index (χ0v) is 16.8. The summed E-state index contributed by atoms with van der Waals surface area (Å²) in [7, 11) is 0. The molecule has 0 unspecified atom stereocenters. The van der Waals surface area contributed by atoms with Crippen LogP contribution in [0.1, 0.15) is 22.5 Å². The van der Waals surface area contributed by atoms with Gasteiger partial charge in [0.1, 0.15) is 0 Å². The minimum absolute atomic E-state index is 0.234. The van der Waals surface area contributed by atoms with E-state index in [0.717, 1.165) is 28.2 Å². The van der Waals surface area contributed by atoms with E-state index in [9.17, 15) is 9.59 Å². The first kappa shape index (κ1) is 20.3. The van der Waals surface area contributed by atoms with Crippen molar-refractivity contribution in [3.8, 4) is 5.69 Å². The van der Waals surface area contributed by atoms with Gasteiger partial charge >= 0.3 is 11.8 Å². The SMILES string of the molecule is Cc1cc(C=NNC(=O)C(=O)NCc2ccncc2)c(C)n1-c1ccccc1Cl. The number of hydrogen-bond acceptors (Lipinski definition) is 4. The number of carbonyl (C=O) groups is 2. The average Bonchev–Trinajstić information content (AvgIpc) is 3.00. The molecule has 8 heteroatoms. The lowest BCUT2D eigenvalue weighted by Crippen LogP contribution is -2.37. The highest BCUT2D eigenvalue weighted by atomic mass is 35.5. The smallest absolute Gasteiger partial charge is 0.329 e. The average molecular weight is 410 g/mol. The molecule has 3 aromatic rings. The molecule has 0 aliphatic heterocycles. The molecule has 148 valence electrons. The van der Waals surface area contributed by atoms with Crippen LogP contribution in [0, 0.1) is 13.8 Å². The van der Waals surface area contributed by atoms with E-state index in [0.29, 0.717) is 5.02 Å².